The van der Waals surface area contributed by atoms with Gasteiger partial charge in [-0.1, -0.05) is 6.92 Å². The fourth-order valence-corrected chi connectivity index (χ4v) is 2.69. The van der Waals surface area contributed by atoms with Gasteiger partial charge in [-0.25, -0.2) is 4.68 Å². The van der Waals surface area contributed by atoms with E-state index >= 15 is 0 Å². The van der Waals surface area contributed by atoms with Crippen LogP contribution in [0.25, 0.3) is 0 Å². The van der Waals surface area contributed by atoms with Gasteiger partial charge in [0, 0.05) is 18.7 Å². The van der Waals surface area contributed by atoms with Crippen LogP contribution < -0.4 is 5.32 Å². The summed E-state index contributed by atoms with van der Waals surface area (Å²) < 4.78 is 2.15. The minimum atomic E-state index is 0.671. The van der Waals surface area contributed by atoms with Crippen molar-refractivity contribution in [2.24, 2.45) is 11.8 Å². The van der Waals surface area contributed by atoms with Gasteiger partial charge in [-0.15, -0.1) is 0 Å². The van der Waals surface area contributed by atoms with Crippen LogP contribution in [0.2, 0.25) is 0 Å². The zero-order valence-electron chi connectivity index (χ0n) is 10.0. The molecule has 1 aromatic heterocycles. The average molecular weight is 219 g/mol. The lowest BCUT2D eigenvalue weighted by Crippen LogP contribution is -2.18. The van der Waals surface area contributed by atoms with Crippen LogP contribution in [-0.2, 0) is 6.54 Å². The third-order valence-corrected chi connectivity index (χ3v) is 3.89. The summed E-state index contributed by atoms with van der Waals surface area (Å²) >= 11 is 0. The molecule has 2 saturated carbocycles. The summed E-state index contributed by atoms with van der Waals surface area (Å²) in [6.45, 7) is 3.46. The highest BCUT2D eigenvalue weighted by Gasteiger charge is 2.25. The molecule has 3 heteroatoms. The van der Waals surface area contributed by atoms with Crippen LogP contribution in [0.15, 0.2) is 12.3 Å². The topological polar surface area (TPSA) is 29.9 Å². The second-order valence-electron chi connectivity index (χ2n) is 5.60. The smallest absolute Gasteiger partial charge is 0.124 e. The summed E-state index contributed by atoms with van der Waals surface area (Å²) in [5, 5.41) is 8.07. The van der Waals surface area contributed by atoms with E-state index in [9.17, 15) is 0 Å². The largest absolute Gasteiger partial charge is 0.368 e. The summed E-state index contributed by atoms with van der Waals surface area (Å²) in [5.74, 6) is 3.01. The Bertz CT molecular complexity index is 354. The van der Waals surface area contributed by atoms with Gasteiger partial charge in [0.25, 0.3) is 0 Å². The van der Waals surface area contributed by atoms with Crippen LogP contribution >= 0.6 is 0 Å². The number of aromatic nitrogens is 2. The standard InChI is InChI=1S/C13H21N3/c1-10-2-5-12(8-10)15-13-6-7-14-16(13)9-11-3-4-11/h6-7,10-12,15H,2-5,8-9H2,1H3. The summed E-state index contributed by atoms with van der Waals surface area (Å²) in [6, 6.07) is 2.79. The van der Waals surface area contributed by atoms with Crippen LogP contribution in [-0.4, -0.2) is 15.8 Å². The van der Waals surface area contributed by atoms with E-state index in [0.717, 1.165) is 18.4 Å². The normalized spacial score (nSPS) is 29.6. The molecule has 0 radical (unpaired) electrons. The van der Waals surface area contributed by atoms with Crippen molar-refractivity contribution >= 4 is 5.82 Å². The molecule has 2 aliphatic carbocycles. The fraction of sp³-hybridized carbons (Fsp3) is 0.769. The first-order valence-corrected chi connectivity index (χ1v) is 6.59. The molecule has 2 aliphatic rings. The number of anilines is 1. The first-order valence-electron chi connectivity index (χ1n) is 6.59. The molecule has 2 unspecified atom stereocenters. The van der Waals surface area contributed by atoms with Crippen molar-refractivity contribution in [3.05, 3.63) is 12.3 Å². The molecule has 88 valence electrons. The third-order valence-electron chi connectivity index (χ3n) is 3.89. The Kier molecular flexibility index (Phi) is 2.62. The van der Waals surface area contributed by atoms with E-state index in [0.29, 0.717) is 6.04 Å². The van der Waals surface area contributed by atoms with Crippen molar-refractivity contribution in [1.82, 2.24) is 9.78 Å². The monoisotopic (exact) mass is 219 g/mol. The van der Waals surface area contributed by atoms with Crippen LogP contribution in [0, 0.1) is 11.8 Å². The summed E-state index contributed by atoms with van der Waals surface area (Å²) in [5.41, 5.74) is 0. The maximum Gasteiger partial charge on any atom is 0.124 e. The van der Waals surface area contributed by atoms with Gasteiger partial charge in [0.15, 0.2) is 0 Å². The molecule has 0 amide bonds. The van der Waals surface area contributed by atoms with Gasteiger partial charge in [-0.3, -0.25) is 0 Å². The summed E-state index contributed by atoms with van der Waals surface area (Å²) in [7, 11) is 0. The highest BCUT2D eigenvalue weighted by atomic mass is 15.3. The van der Waals surface area contributed by atoms with Gasteiger partial charge in [-0.2, -0.15) is 5.10 Å². The minimum Gasteiger partial charge on any atom is -0.368 e. The van der Waals surface area contributed by atoms with E-state index in [1.807, 2.05) is 6.20 Å². The highest BCUT2D eigenvalue weighted by Crippen LogP contribution is 2.32. The molecule has 0 bridgehead atoms. The molecule has 1 heterocycles. The Morgan fingerprint density at radius 1 is 1.38 bits per heavy atom. The van der Waals surface area contributed by atoms with Crippen LogP contribution in [0.1, 0.15) is 39.0 Å². The molecule has 0 saturated heterocycles. The van der Waals surface area contributed by atoms with Crippen molar-refractivity contribution in [2.45, 2.75) is 51.6 Å². The quantitative estimate of drug-likeness (QED) is 0.844. The number of hydrogen-bond donors (Lipinski definition) is 1. The third kappa shape index (κ3) is 2.23. The molecule has 2 fully saturated rings. The number of nitrogens with zero attached hydrogens (tertiary/aromatic N) is 2. The zero-order chi connectivity index (χ0) is 11.0. The molecule has 1 aromatic rings. The molecule has 3 rings (SSSR count). The van der Waals surface area contributed by atoms with E-state index in [-0.39, 0.29) is 0 Å². The lowest BCUT2D eigenvalue weighted by molar-refractivity contribution is 0.559. The van der Waals surface area contributed by atoms with Crippen LogP contribution in [0.5, 0.6) is 0 Å². The second kappa shape index (κ2) is 4.11. The SMILES string of the molecule is CC1CCC(Nc2ccnn2CC2CC2)C1. The first kappa shape index (κ1) is 10.2. The van der Waals surface area contributed by atoms with Gasteiger partial charge in [0.05, 0.1) is 6.20 Å². The Balaban J connectivity index is 1.62. The Labute approximate surface area is 97.2 Å². The lowest BCUT2D eigenvalue weighted by Gasteiger charge is -2.15. The molecule has 1 N–H and O–H groups in total. The zero-order valence-corrected chi connectivity index (χ0v) is 10.0. The number of nitrogens with one attached hydrogen (secondary N) is 1. The van der Waals surface area contributed by atoms with Crippen molar-refractivity contribution in [2.75, 3.05) is 5.32 Å². The second-order valence-corrected chi connectivity index (χ2v) is 5.60. The Morgan fingerprint density at radius 2 is 2.25 bits per heavy atom. The molecule has 0 aliphatic heterocycles. The van der Waals surface area contributed by atoms with Crippen molar-refractivity contribution in [3.8, 4) is 0 Å². The van der Waals surface area contributed by atoms with E-state index in [4.69, 9.17) is 0 Å². The van der Waals surface area contributed by atoms with Gasteiger partial charge in [0.1, 0.15) is 5.82 Å². The van der Waals surface area contributed by atoms with E-state index in [1.54, 1.807) is 0 Å². The average Bonchev–Trinajstić information content (AvgIpc) is 2.82. The van der Waals surface area contributed by atoms with E-state index in [2.05, 4.69) is 28.1 Å². The summed E-state index contributed by atoms with van der Waals surface area (Å²) in [6.07, 6.45) is 8.70. The molecule has 0 aromatic carbocycles. The summed E-state index contributed by atoms with van der Waals surface area (Å²) in [4.78, 5) is 0. The minimum absolute atomic E-state index is 0.671. The van der Waals surface area contributed by atoms with E-state index < -0.39 is 0 Å². The maximum atomic E-state index is 4.41. The fourth-order valence-electron chi connectivity index (χ4n) is 2.69. The molecular weight excluding hydrogens is 198 g/mol. The predicted octanol–water partition coefficient (Wildman–Crippen LogP) is 2.89. The van der Waals surface area contributed by atoms with Gasteiger partial charge in [0.2, 0.25) is 0 Å². The van der Waals surface area contributed by atoms with Gasteiger partial charge in [-0.05, 0) is 43.9 Å². The maximum absolute atomic E-state index is 4.41. The number of hydrogen-bond acceptors (Lipinski definition) is 2. The van der Waals surface area contributed by atoms with E-state index in [1.165, 1.54) is 37.9 Å². The first-order chi connectivity index (χ1) is 7.81. The van der Waals surface area contributed by atoms with Crippen LogP contribution in [0.3, 0.4) is 0 Å². The lowest BCUT2D eigenvalue weighted by atomic mass is 10.1. The Morgan fingerprint density at radius 3 is 2.94 bits per heavy atom. The number of rotatable bonds is 4. The van der Waals surface area contributed by atoms with Crippen LogP contribution in [0.4, 0.5) is 5.82 Å². The van der Waals surface area contributed by atoms with Crippen molar-refractivity contribution < 1.29 is 0 Å². The predicted molar refractivity (Wildman–Crippen MR) is 65.4 cm³/mol. The molecule has 16 heavy (non-hydrogen) atoms. The van der Waals surface area contributed by atoms with Crippen molar-refractivity contribution in [1.29, 1.82) is 0 Å². The van der Waals surface area contributed by atoms with Gasteiger partial charge < -0.3 is 5.32 Å². The van der Waals surface area contributed by atoms with Crippen molar-refractivity contribution in [3.63, 3.8) is 0 Å². The Hall–Kier alpha value is -0.990. The highest BCUT2D eigenvalue weighted by molar-refractivity contribution is 5.35. The molecule has 3 nitrogen and oxygen atoms in total. The molecule has 0 spiro atoms. The molecule has 2 atom stereocenters. The van der Waals surface area contributed by atoms with Gasteiger partial charge >= 0.3 is 0 Å². The molecular formula is C13H21N3.